The molecular weight excluding hydrogens is 220 g/mol. The zero-order valence-corrected chi connectivity index (χ0v) is 9.96. The minimum absolute atomic E-state index is 0.0723. The average Bonchev–Trinajstić information content (AvgIpc) is 2.28. The van der Waals surface area contributed by atoms with Crippen LogP contribution in [-0.2, 0) is 4.74 Å². The van der Waals surface area contributed by atoms with Crippen LogP contribution in [0.1, 0.15) is 24.3 Å². The molecule has 1 saturated heterocycles. The number of hydrogen-bond donors (Lipinski definition) is 1. The van der Waals surface area contributed by atoms with E-state index in [9.17, 15) is 4.79 Å². The van der Waals surface area contributed by atoms with E-state index in [0.29, 0.717) is 0 Å². The summed E-state index contributed by atoms with van der Waals surface area (Å²) in [6.45, 7) is 5.67. The van der Waals surface area contributed by atoms with Crippen molar-refractivity contribution < 1.29 is 14.6 Å². The van der Waals surface area contributed by atoms with Crippen molar-refractivity contribution in [3.05, 3.63) is 24.0 Å². The Bertz CT molecular complexity index is 395. The third-order valence-electron chi connectivity index (χ3n) is 2.75. The first kappa shape index (κ1) is 11.9. The number of anilines is 1. The lowest BCUT2D eigenvalue weighted by Gasteiger charge is -2.36. The Morgan fingerprint density at radius 1 is 1.41 bits per heavy atom. The Kier molecular flexibility index (Phi) is 3.28. The molecule has 2 atom stereocenters. The van der Waals surface area contributed by atoms with Gasteiger partial charge in [-0.05, 0) is 26.0 Å². The third kappa shape index (κ3) is 2.74. The summed E-state index contributed by atoms with van der Waals surface area (Å²) in [5.41, 5.74) is 1.01. The Hall–Kier alpha value is -1.62. The summed E-state index contributed by atoms with van der Waals surface area (Å²) in [5, 5.41) is 8.77. The molecule has 0 amide bonds. The number of hydrogen-bond acceptors (Lipinski definition) is 4. The van der Waals surface area contributed by atoms with Crippen LogP contribution in [-0.4, -0.2) is 41.4 Å². The minimum atomic E-state index is -1.000. The normalized spacial score (nSPS) is 24.7. The van der Waals surface area contributed by atoms with Crippen LogP contribution < -0.4 is 4.90 Å². The number of aromatic carboxylic acids is 1. The lowest BCUT2D eigenvalue weighted by atomic mass is 10.2. The molecule has 1 aromatic heterocycles. The maximum Gasteiger partial charge on any atom is 0.354 e. The van der Waals surface area contributed by atoms with Gasteiger partial charge in [-0.25, -0.2) is 9.78 Å². The van der Waals surface area contributed by atoms with Gasteiger partial charge in [0.2, 0.25) is 0 Å². The van der Waals surface area contributed by atoms with E-state index in [-0.39, 0.29) is 17.9 Å². The number of carboxylic acids is 1. The molecule has 1 aliphatic heterocycles. The zero-order valence-electron chi connectivity index (χ0n) is 9.96. The van der Waals surface area contributed by atoms with Crippen molar-refractivity contribution in [2.75, 3.05) is 18.0 Å². The quantitative estimate of drug-likeness (QED) is 0.840. The van der Waals surface area contributed by atoms with Gasteiger partial charge in [0, 0.05) is 13.1 Å². The first-order chi connectivity index (χ1) is 8.06. The Morgan fingerprint density at radius 3 is 2.53 bits per heavy atom. The Balaban J connectivity index is 2.14. The average molecular weight is 236 g/mol. The van der Waals surface area contributed by atoms with Crippen LogP contribution in [0.3, 0.4) is 0 Å². The molecule has 2 rings (SSSR count). The van der Waals surface area contributed by atoms with E-state index >= 15 is 0 Å². The van der Waals surface area contributed by atoms with Crippen molar-refractivity contribution in [1.29, 1.82) is 0 Å². The summed E-state index contributed by atoms with van der Waals surface area (Å²) < 4.78 is 5.64. The van der Waals surface area contributed by atoms with Gasteiger partial charge in [-0.3, -0.25) is 0 Å². The van der Waals surface area contributed by atoms with Crippen LogP contribution in [0, 0.1) is 0 Å². The molecule has 2 heterocycles. The second-order valence-corrected chi connectivity index (χ2v) is 4.37. The van der Waals surface area contributed by atoms with Gasteiger partial charge in [0.1, 0.15) is 5.69 Å². The van der Waals surface area contributed by atoms with E-state index in [4.69, 9.17) is 9.84 Å². The van der Waals surface area contributed by atoms with Crippen LogP contribution >= 0.6 is 0 Å². The van der Waals surface area contributed by atoms with Gasteiger partial charge in [0.05, 0.1) is 24.1 Å². The van der Waals surface area contributed by atoms with Crippen molar-refractivity contribution in [2.24, 2.45) is 0 Å². The number of aromatic nitrogens is 1. The van der Waals surface area contributed by atoms with Gasteiger partial charge >= 0.3 is 5.97 Å². The molecule has 1 aromatic rings. The molecule has 5 nitrogen and oxygen atoms in total. The molecule has 0 unspecified atom stereocenters. The van der Waals surface area contributed by atoms with Crippen LogP contribution in [0.5, 0.6) is 0 Å². The first-order valence-electron chi connectivity index (χ1n) is 5.66. The number of ether oxygens (including phenoxy) is 1. The fourth-order valence-electron chi connectivity index (χ4n) is 2.09. The summed E-state index contributed by atoms with van der Waals surface area (Å²) in [4.78, 5) is 16.8. The number of carboxylic acid groups (broad SMARTS) is 1. The molecule has 0 radical (unpaired) electrons. The highest BCUT2D eigenvalue weighted by molar-refractivity contribution is 5.85. The molecule has 1 fully saturated rings. The molecule has 5 heteroatoms. The second-order valence-electron chi connectivity index (χ2n) is 4.37. The number of carbonyl (C=O) groups is 1. The Morgan fingerprint density at radius 2 is 2.06 bits per heavy atom. The molecule has 1 N–H and O–H groups in total. The van der Waals surface area contributed by atoms with Crippen molar-refractivity contribution in [3.8, 4) is 0 Å². The van der Waals surface area contributed by atoms with Gasteiger partial charge in [0.15, 0.2) is 0 Å². The molecule has 0 aliphatic carbocycles. The topological polar surface area (TPSA) is 62.7 Å². The molecule has 0 saturated carbocycles. The summed E-state index contributed by atoms with van der Waals surface area (Å²) in [6, 6.07) is 3.32. The predicted octanol–water partition coefficient (Wildman–Crippen LogP) is 1.39. The molecule has 0 bridgehead atoms. The van der Waals surface area contributed by atoms with Gasteiger partial charge in [0.25, 0.3) is 0 Å². The first-order valence-corrected chi connectivity index (χ1v) is 5.66. The van der Waals surface area contributed by atoms with Crippen molar-refractivity contribution in [1.82, 2.24) is 4.98 Å². The van der Waals surface area contributed by atoms with Crippen LogP contribution in [0.15, 0.2) is 18.3 Å². The van der Waals surface area contributed by atoms with E-state index in [1.165, 1.54) is 6.07 Å². The standard InChI is InChI=1S/C12H16N2O3/c1-8-6-14(7-9(2)17-8)10-3-4-11(12(15)16)13-5-10/h3-5,8-9H,6-7H2,1-2H3,(H,15,16)/t8-,9-/m1/s1. The van der Waals surface area contributed by atoms with Crippen LogP contribution in [0.25, 0.3) is 0 Å². The highest BCUT2D eigenvalue weighted by Gasteiger charge is 2.22. The molecule has 0 spiro atoms. The van der Waals surface area contributed by atoms with Gasteiger partial charge in [-0.15, -0.1) is 0 Å². The number of morpholine rings is 1. The minimum Gasteiger partial charge on any atom is -0.477 e. The molecular formula is C12H16N2O3. The highest BCUT2D eigenvalue weighted by Crippen LogP contribution is 2.19. The van der Waals surface area contributed by atoms with E-state index in [1.54, 1.807) is 12.3 Å². The summed E-state index contributed by atoms with van der Waals surface area (Å²) in [5.74, 6) is -1.000. The summed E-state index contributed by atoms with van der Waals surface area (Å²) in [6.07, 6.45) is 1.96. The SMILES string of the molecule is C[C@@H]1CN(c2ccc(C(=O)O)nc2)C[C@@H](C)O1. The van der Waals surface area contributed by atoms with Gasteiger partial charge in [-0.1, -0.05) is 0 Å². The van der Waals surface area contributed by atoms with Gasteiger partial charge in [-0.2, -0.15) is 0 Å². The van der Waals surface area contributed by atoms with E-state index in [2.05, 4.69) is 9.88 Å². The maximum absolute atomic E-state index is 10.7. The zero-order chi connectivity index (χ0) is 12.4. The molecule has 1 aliphatic rings. The van der Waals surface area contributed by atoms with E-state index in [0.717, 1.165) is 18.8 Å². The van der Waals surface area contributed by atoms with Crippen LogP contribution in [0.2, 0.25) is 0 Å². The highest BCUT2D eigenvalue weighted by atomic mass is 16.5. The van der Waals surface area contributed by atoms with E-state index < -0.39 is 5.97 Å². The fraction of sp³-hybridized carbons (Fsp3) is 0.500. The molecule has 0 aromatic carbocycles. The lowest BCUT2D eigenvalue weighted by Crippen LogP contribution is -2.45. The number of nitrogens with zero attached hydrogens (tertiary/aromatic N) is 2. The lowest BCUT2D eigenvalue weighted by molar-refractivity contribution is -0.00524. The Labute approximate surface area is 100 Å². The molecule has 17 heavy (non-hydrogen) atoms. The number of pyridine rings is 1. The summed E-state index contributed by atoms with van der Waals surface area (Å²) in [7, 11) is 0. The van der Waals surface area contributed by atoms with Crippen molar-refractivity contribution in [3.63, 3.8) is 0 Å². The molecule has 92 valence electrons. The third-order valence-corrected chi connectivity index (χ3v) is 2.75. The maximum atomic E-state index is 10.7. The number of rotatable bonds is 2. The van der Waals surface area contributed by atoms with Crippen molar-refractivity contribution >= 4 is 11.7 Å². The fourth-order valence-corrected chi connectivity index (χ4v) is 2.09. The van der Waals surface area contributed by atoms with Crippen LogP contribution in [0.4, 0.5) is 5.69 Å². The second kappa shape index (κ2) is 4.71. The predicted molar refractivity (Wildman–Crippen MR) is 63.4 cm³/mol. The largest absolute Gasteiger partial charge is 0.477 e. The van der Waals surface area contributed by atoms with E-state index in [1.807, 2.05) is 13.8 Å². The van der Waals surface area contributed by atoms with Crippen molar-refractivity contribution in [2.45, 2.75) is 26.1 Å². The smallest absolute Gasteiger partial charge is 0.354 e. The summed E-state index contributed by atoms with van der Waals surface area (Å²) >= 11 is 0. The van der Waals surface area contributed by atoms with Gasteiger partial charge < -0.3 is 14.7 Å². The monoisotopic (exact) mass is 236 g/mol.